The maximum absolute atomic E-state index is 11.2. The molecule has 1 aromatic heterocycles. The molecule has 0 bridgehead atoms. The largest absolute Gasteiger partial charge is 0.339 e. The summed E-state index contributed by atoms with van der Waals surface area (Å²) in [7, 11) is 0. The van der Waals surface area contributed by atoms with Crippen molar-refractivity contribution in [1.82, 2.24) is 10.1 Å². The third-order valence-corrected chi connectivity index (χ3v) is 3.68. The second-order valence-corrected chi connectivity index (χ2v) is 5.04. The topological polar surface area (TPSA) is 99.1 Å². The number of carbonyl (C=O) groups is 1. The molecule has 0 radical (unpaired) electrons. The predicted octanol–water partition coefficient (Wildman–Crippen LogP) is 2.87. The molecule has 0 atom stereocenters. The van der Waals surface area contributed by atoms with Gasteiger partial charge in [-0.05, 0) is 18.9 Å². The van der Waals surface area contributed by atoms with E-state index >= 15 is 0 Å². The highest BCUT2D eigenvalue weighted by Crippen LogP contribution is 2.33. The minimum absolute atomic E-state index is 0.0522. The van der Waals surface area contributed by atoms with Gasteiger partial charge >= 0.3 is 0 Å². The number of nitro benzene ring substituents is 1. The highest BCUT2D eigenvalue weighted by atomic mass is 16.6. The van der Waals surface area contributed by atoms with E-state index in [0.717, 1.165) is 0 Å². The van der Waals surface area contributed by atoms with Gasteiger partial charge in [-0.1, -0.05) is 17.3 Å². The van der Waals surface area contributed by atoms with Crippen LogP contribution in [-0.2, 0) is 4.79 Å². The zero-order chi connectivity index (χ0) is 14.8. The molecule has 0 unspecified atom stereocenters. The summed E-state index contributed by atoms with van der Waals surface area (Å²) in [4.78, 5) is 26.1. The van der Waals surface area contributed by atoms with Crippen LogP contribution in [0.4, 0.5) is 5.69 Å². The molecule has 3 rings (SSSR count). The molecule has 0 spiro atoms. The van der Waals surface area contributed by atoms with Crippen LogP contribution in [0.2, 0.25) is 0 Å². The van der Waals surface area contributed by atoms with Crippen LogP contribution >= 0.6 is 0 Å². The Bertz CT molecular complexity index is 685. The molecular formula is C14H13N3O4. The number of hydrogen-bond acceptors (Lipinski definition) is 6. The lowest BCUT2D eigenvalue weighted by Crippen LogP contribution is -2.12. The van der Waals surface area contributed by atoms with E-state index in [9.17, 15) is 14.9 Å². The van der Waals surface area contributed by atoms with Crippen molar-refractivity contribution in [2.75, 3.05) is 0 Å². The van der Waals surface area contributed by atoms with Crippen molar-refractivity contribution in [2.45, 2.75) is 31.6 Å². The molecular weight excluding hydrogens is 274 g/mol. The highest BCUT2D eigenvalue weighted by molar-refractivity contribution is 5.79. The van der Waals surface area contributed by atoms with Crippen molar-refractivity contribution in [1.29, 1.82) is 0 Å². The van der Waals surface area contributed by atoms with Crippen LogP contribution in [0.1, 0.15) is 37.5 Å². The number of Topliss-reactive ketones (excluding diaryl/α,β-unsaturated/α-hetero) is 1. The average molecular weight is 287 g/mol. The molecule has 1 aliphatic carbocycles. The van der Waals surface area contributed by atoms with Crippen LogP contribution < -0.4 is 0 Å². The lowest BCUT2D eigenvalue weighted by molar-refractivity contribution is -0.384. The zero-order valence-corrected chi connectivity index (χ0v) is 11.2. The van der Waals surface area contributed by atoms with Crippen LogP contribution in [0.25, 0.3) is 11.4 Å². The van der Waals surface area contributed by atoms with Crippen molar-refractivity contribution >= 4 is 11.5 Å². The molecule has 7 heteroatoms. The number of rotatable bonds is 3. The standard InChI is InChI=1S/C14H13N3O4/c18-10-7-5-9(6-8-10)14-15-13(16-21-14)11-3-1-2-4-12(11)17(19)20/h1-4,9H,5-8H2. The summed E-state index contributed by atoms with van der Waals surface area (Å²) in [5.74, 6) is 0.987. The Labute approximate surface area is 120 Å². The Morgan fingerprint density at radius 1 is 1.24 bits per heavy atom. The number of carbonyl (C=O) groups excluding carboxylic acids is 1. The highest BCUT2D eigenvalue weighted by Gasteiger charge is 2.26. The summed E-state index contributed by atoms with van der Waals surface area (Å²) in [6, 6.07) is 6.29. The van der Waals surface area contributed by atoms with Gasteiger partial charge in [0.15, 0.2) is 0 Å². The minimum atomic E-state index is -0.468. The van der Waals surface area contributed by atoms with E-state index in [4.69, 9.17) is 4.52 Å². The lowest BCUT2D eigenvalue weighted by atomic mass is 9.88. The van der Waals surface area contributed by atoms with Crippen molar-refractivity contribution in [3.63, 3.8) is 0 Å². The van der Waals surface area contributed by atoms with Crippen LogP contribution in [-0.4, -0.2) is 20.8 Å². The maximum Gasteiger partial charge on any atom is 0.280 e. The molecule has 1 aromatic carbocycles. The smallest absolute Gasteiger partial charge is 0.280 e. The quantitative estimate of drug-likeness (QED) is 0.635. The van der Waals surface area contributed by atoms with Crippen LogP contribution in [0.5, 0.6) is 0 Å². The molecule has 1 aliphatic rings. The Kier molecular flexibility index (Phi) is 3.47. The number of nitrogens with zero attached hydrogens (tertiary/aromatic N) is 3. The van der Waals surface area contributed by atoms with Crippen molar-refractivity contribution in [3.8, 4) is 11.4 Å². The SMILES string of the molecule is O=C1CCC(c2nc(-c3ccccc3[N+](=O)[O-])no2)CC1. The molecule has 1 saturated carbocycles. The van der Waals surface area contributed by atoms with Gasteiger partial charge in [-0.2, -0.15) is 4.98 Å². The summed E-state index contributed by atoms with van der Waals surface area (Å²) in [6.45, 7) is 0. The van der Waals surface area contributed by atoms with Crippen molar-refractivity contribution < 1.29 is 14.2 Å². The molecule has 0 saturated heterocycles. The molecule has 1 fully saturated rings. The van der Waals surface area contributed by atoms with Gasteiger partial charge in [-0.15, -0.1) is 0 Å². The van der Waals surface area contributed by atoms with Gasteiger partial charge in [0.25, 0.3) is 5.69 Å². The van der Waals surface area contributed by atoms with E-state index in [1.54, 1.807) is 18.2 Å². The molecule has 1 heterocycles. The monoisotopic (exact) mass is 287 g/mol. The van der Waals surface area contributed by atoms with Crippen LogP contribution in [0.3, 0.4) is 0 Å². The van der Waals surface area contributed by atoms with Gasteiger partial charge in [0.05, 0.1) is 4.92 Å². The Hall–Kier alpha value is -2.57. The molecule has 0 N–H and O–H groups in total. The van der Waals surface area contributed by atoms with E-state index in [1.165, 1.54) is 6.07 Å². The molecule has 0 aliphatic heterocycles. The van der Waals surface area contributed by atoms with E-state index in [-0.39, 0.29) is 23.2 Å². The summed E-state index contributed by atoms with van der Waals surface area (Å²) >= 11 is 0. The van der Waals surface area contributed by atoms with Gasteiger partial charge in [-0.3, -0.25) is 14.9 Å². The average Bonchev–Trinajstić information content (AvgIpc) is 2.97. The maximum atomic E-state index is 11.2. The Morgan fingerprint density at radius 2 is 1.95 bits per heavy atom. The second-order valence-electron chi connectivity index (χ2n) is 5.04. The summed E-state index contributed by atoms with van der Waals surface area (Å²) in [5, 5.41) is 14.9. The van der Waals surface area contributed by atoms with Gasteiger partial charge in [0.1, 0.15) is 11.3 Å². The fraction of sp³-hybridized carbons (Fsp3) is 0.357. The molecule has 108 valence electrons. The van der Waals surface area contributed by atoms with Gasteiger partial charge in [-0.25, -0.2) is 0 Å². The Balaban J connectivity index is 1.89. The van der Waals surface area contributed by atoms with Crippen LogP contribution in [0, 0.1) is 10.1 Å². The van der Waals surface area contributed by atoms with E-state index in [2.05, 4.69) is 10.1 Å². The molecule has 0 amide bonds. The summed E-state index contributed by atoms with van der Waals surface area (Å²) in [5.41, 5.74) is 0.285. The predicted molar refractivity (Wildman–Crippen MR) is 72.6 cm³/mol. The number of para-hydroxylation sites is 1. The fourth-order valence-electron chi connectivity index (χ4n) is 2.52. The number of nitro groups is 1. The first kappa shape index (κ1) is 13.4. The summed E-state index contributed by atoms with van der Waals surface area (Å²) in [6.07, 6.45) is 2.43. The van der Waals surface area contributed by atoms with E-state index in [0.29, 0.717) is 37.1 Å². The van der Waals surface area contributed by atoms with Crippen molar-refractivity contribution in [2.24, 2.45) is 0 Å². The van der Waals surface area contributed by atoms with Crippen molar-refractivity contribution in [3.05, 3.63) is 40.3 Å². The third kappa shape index (κ3) is 2.67. The summed E-state index contributed by atoms with van der Waals surface area (Å²) < 4.78 is 5.23. The number of hydrogen-bond donors (Lipinski definition) is 0. The first-order chi connectivity index (χ1) is 10.1. The first-order valence-electron chi connectivity index (χ1n) is 6.74. The lowest BCUT2D eigenvalue weighted by Gasteiger charge is -2.16. The third-order valence-electron chi connectivity index (χ3n) is 3.68. The first-order valence-corrected chi connectivity index (χ1v) is 6.74. The van der Waals surface area contributed by atoms with E-state index in [1.807, 2.05) is 0 Å². The normalized spacial score (nSPS) is 16.1. The van der Waals surface area contributed by atoms with Gasteiger partial charge in [0.2, 0.25) is 11.7 Å². The number of benzene rings is 1. The fourth-order valence-corrected chi connectivity index (χ4v) is 2.52. The second kappa shape index (κ2) is 5.43. The van der Waals surface area contributed by atoms with E-state index < -0.39 is 4.92 Å². The van der Waals surface area contributed by atoms with Gasteiger partial charge < -0.3 is 4.52 Å². The molecule has 7 nitrogen and oxygen atoms in total. The Morgan fingerprint density at radius 3 is 2.67 bits per heavy atom. The molecule has 2 aromatic rings. The van der Waals surface area contributed by atoms with Crippen LogP contribution in [0.15, 0.2) is 28.8 Å². The number of ketones is 1. The molecule has 21 heavy (non-hydrogen) atoms. The van der Waals surface area contributed by atoms with Gasteiger partial charge in [0, 0.05) is 24.8 Å². The minimum Gasteiger partial charge on any atom is -0.339 e. The zero-order valence-electron chi connectivity index (χ0n) is 11.2. The number of aromatic nitrogens is 2.